The molecule has 20 heavy (non-hydrogen) atoms. The average Bonchev–Trinajstić information content (AvgIpc) is 2.95. The highest BCUT2D eigenvalue weighted by atomic mass is 32.1. The SMILES string of the molecule is O=C(O)[C@@H]1CC[C@H](C(=O)N(Cc2nccs2)C2CC2)C1. The quantitative estimate of drug-likeness (QED) is 0.903. The van der Waals surface area contributed by atoms with Crippen molar-refractivity contribution in [1.29, 1.82) is 0 Å². The van der Waals surface area contributed by atoms with Gasteiger partial charge in [-0.1, -0.05) is 0 Å². The standard InChI is InChI=1S/C14H18N2O3S/c17-13(9-1-2-10(7-9)14(18)19)16(11-3-4-11)8-12-15-5-6-20-12/h5-6,9-11H,1-4,7-8H2,(H,18,19)/t9-,10+/m0/s1. The Morgan fingerprint density at radius 1 is 1.30 bits per heavy atom. The second kappa shape index (κ2) is 5.52. The number of carboxylic acids is 1. The average molecular weight is 294 g/mol. The third-order valence-corrected chi connectivity index (χ3v) is 4.96. The van der Waals surface area contributed by atoms with Crippen molar-refractivity contribution in [3.63, 3.8) is 0 Å². The molecule has 108 valence electrons. The van der Waals surface area contributed by atoms with Crippen LogP contribution in [0.5, 0.6) is 0 Å². The lowest BCUT2D eigenvalue weighted by molar-refractivity contribution is -0.141. The number of nitrogens with zero attached hydrogens (tertiary/aromatic N) is 2. The van der Waals surface area contributed by atoms with E-state index in [9.17, 15) is 9.59 Å². The van der Waals surface area contributed by atoms with Crippen molar-refractivity contribution in [1.82, 2.24) is 9.88 Å². The maximum Gasteiger partial charge on any atom is 0.306 e. The molecule has 0 spiro atoms. The van der Waals surface area contributed by atoms with Crippen molar-refractivity contribution in [3.05, 3.63) is 16.6 Å². The molecular weight excluding hydrogens is 276 g/mol. The van der Waals surface area contributed by atoms with E-state index < -0.39 is 5.97 Å². The van der Waals surface area contributed by atoms with E-state index in [0.29, 0.717) is 31.8 Å². The summed E-state index contributed by atoms with van der Waals surface area (Å²) >= 11 is 1.56. The van der Waals surface area contributed by atoms with Crippen LogP contribution in [0, 0.1) is 11.8 Å². The van der Waals surface area contributed by atoms with Crippen LogP contribution < -0.4 is 0 Å². The van der Waals surface area contributed by atoms with E-state index in [0.717, 1.165) is 17.8 Å². The molecule has 0 bridgehead atoms. The number of hydrogen-bond donors (Lipinski definition) is 1. The van der Waals surface area contributed by atoms with Crippen molar-refractivity contribution >= 4 is 23.2 Å². The molecule has 0 radical (unpaired) electrons. The van der Waals surface area contributed by atoms with Crippen LogP contribution in [0.25, 0.3) is 0 Å². The van der Waals surface area contributed by atoms with Crippen LogP contribution in [0.2, 0.25) is 0 Å². The molecule has 0 aromatic carbocycles. The molecule has 1 heterocycles. The van der Waals surface area contributed by atoms with Crippen LogP contribution in [-0.4, -0.2) is 32.9 Å². The Balaban J connectivity index is 1.65. The molecule has 5 nitrogen and oxygen atoms in total. The number of carbonyl (C=O) groups excluding carboxylic acids is 1. The molecule has 2 aliphatic carbocycles. The van der Waals surface area contributed by atoms with Crippen molar-refractivity contribution in [2.24, 2.45) is 11.8 Å². The lowest BCUT2D eigenvalue weighted by Gasteiger charge is -2.24. The number of carboxylic acid groups (broad SMARTS) is 1. The summed E-state index contributed by atoms with van der Waals surface area (Å²) in [5, 5.41) is 11.9. The Bertz CT molecular complexity index is 499. The van der Waals surface area contributed by atoms with Crippen LogP contribution in [0.4, 0.5) is 0 Å². The largest absolute Gasteiger partial charge is 0.481 e. The highest BCUT2D eigenvalue weighted by Crippen LogP contribution is 2.36. The fourth-order valence-corrected chi connectivity index (χ4v) is 3.53. The molecule has 2 atom stereocenters. The summed E-state index contributed by atoms with van der Waals surface area (Å²) in [6, 6.07) is 0.343. The molecule has 2 aliphatic rings. The second-order valence-corrected chi connectivity index (χ2v) is 6.65. The first-order chi connectivity index (χ1) is 9.65. The van der Waals surface area contributed by atoms with Gasteiger partial charge in [0.15, 0.2) is 0 Å². The summed E-state index contributed by atoms with van der Waals surface area (Å²) in [5.74, 6) is -1.09. The Morgan fingerprint density at radius 2 is 2.05 bits per heavy atom. The highest BCUT2D eigenvalue weighted by molar-refractivity contribution is 7.09. The first-order valence-electron chi connectivity index (χ1n) is 7.07. The number of thiazole rings is 1. The summed E-state index contributed by atoms with van der Waals surface area (Å²) in [5.41, 5.74) is 0. The predicted octanol–water partition coefficient (Wildman–Crippen LogP) is 2.13. The van der Waals surface area contributed by atoms with Gasteiger partial charge < -0.3 is 10.0 Å². The molecule has 1 aromatic heterocycles. The molecule has 1 aromatic rings. The monoisotopic (exact) mass is 294 g/mol. The summed E-state index contributed by atoms with van der Waals surface area (Å²) in [6.07, 6.45) is 5.71. The zero-order valence-electron chi connectivity index (χ0n) is 11.2. The second-order valence-electron chi connectivity index (χ2n) is 5.67. The molecule has 1 N–H and O–H groups in total. The molecule has 0 unspecified atom stereocenters. The molecule has 6 heteroatoms. The summed E-state index contributed by atoms with van der Waals surface area (Å²) in [7, 11) is 0. The van der Waals surface area contributed by atoms with E-state index in [1.807, 2.05) is 10.3 Å². The summed E-state index contributed by atoms with van der Waals surface area (Å²) in [6.45, 7) is 0.579. The molecular formula is C14H18N2O3S. The van der Waals surface area contributed by atoms with Crippen molar-refractivity contribution in [3.8, 4) is 0 Å². The third-order valence-electron chi connectivity index (χ3n) is 4.19. The van der Waals surface area contributed by atoms with Gasteiger partial charge >= 0.3 is 5.97 Å². The van der Waals surface area contributed by atoms with Gasteiger partial charge in [0.25, 0.3) is 0 Å². The number of hydrogen-bond acceptors (Lipinski definition) is 4. The van der Waals surface area contributed by atoms with Crippen LogP contribution in [0.15, 0.2) is 11.6 Å². The van der Waals surface area contributed by atoms with Crippen LogP contribution >= 0.6 is 11.3 Å². The van der Waals surface area contributed by atoms with E-state index >= 15 is 0 Å². The maximum atomic E-state index is 12.6. The number of aromatic nitrogens is 1. The van der Waals surface area contributed by atoms with E-state index in [-0.39, 0.29) is 17.7 Å². The van der Waals surface area contributed by atoms with E-state index in [2.05, 4.69) is 4.98 Å². The van der Waals surface area contributed by atoms with Gasteiger partial charge in [-0.15, -0.1) is 11.3 Å². The smallest absolute Gasteiger partial charge is 0.306 e. The van der Waals surface area contributed by atoms with Gasteiger partial charge in [-0.2, -0.15) is 0 Å². The Kier molecular flexibility index (Phi) is 3.74. The van der Waals surface area contributed by atoms with Crippen molar-refractivity contribution in [2.75, 3.05) is 0 Å². The number of amides is 1. The predicted molar refractivity (Wildman–Crippen MR) is 74.2 cm³/mol. The summed E-state index contributed by atoms with van der Waals surface area (Å²) in [4.78, 5) is 29.8. The van der Waals surface area contributed by atoms with E-state index in [1.165, 1.54) is 0 Å². The molecule has 0 aliphatic heterocycles. The van der Waals surface area contributed by atoms with E-state index in [1.54, 1.807) is 17.5 Å². The minimum absolute atomic E-state index is 0.114. The molecule has 2 fully saturated rings. The van der Waals surface area contributed by atoms with Gasteiger partial charge in [0, 0.05) is 23.5 Å². The molecule has 1 amide bonds. The Hall–Kier alpha value is -1.43. The fourth-order valence-electron chi connectivity index (χ4n) is 2.91. The van der Waals surface area contributed by atoms with Gasteiger partial charge in [-0.05, 0) is 32.1 Å². The third kappa shape index (κ3) is 2.85. The molecule has 3 rings (SSSR count). The topological polar surface area (TPSA) is 70.5 Å². The lowest BCUT2D eigenvalue weighted by Crippen LogP contribution is -2.36. The van der Waals surface area contributed by atoms with Gasteiger partial charge in [0.2, 0.25) is 5.91 Å². The zero-order chi connectivity index (χ0) is 14.1. The van der Waals surface area contributed by atoms with Gasteiger partial charge in [0.05, 0.1) is 12.5 Å². The first kappa shape index (κ1) is 13.5. The summed E-state index contributed by atoms with van der Waals surface area (Å²) < 4.78 is 0. The lowest BCUT2D eigenvalue weighted by atomic mass is 10.0. The molecule has 0 saturated heterocycles. The fraction of sp³-hybridized carbons (Fsp3) is 0.643. The van der Waals surface area contributed by atoms with Crippen molar-refractivity contribution < 1.29 is 14.7 Å². The maximum absolute atomic E-state index is 12.6. The molecule has 2 saturated carbocycles. The van der Waals surface area contributed by atoms with Gasteiger partial charge in [-0.25, -0.2) is 4.98 Å². The zero-order valence-corrected chi connectivity index (χ0v) is 12.0. The first-order valence-corrected chi connectivity index (χ1v) is 7.94. The van der Waals surface area contributed by atoms with Gasteiger partial charge in [-0.3, -0.25) is 9.59 Å². The Labute approximate surface area is 121 Å². The van der Waals surface area contributed by atoms with Gasteiger partial charge in [0.1, 0.15) is 5.01 Å². The van der Waals surface area contributed by atoms with Crippen LogP contribution in [-0.2, 0) is 16.1 Å². The minimum Gasteiger partial charge on any atom is -0.481 e. The highest BCUT2D eigenvalue weighted by Gasteiger charge is 2.40. The van der Waals surface area contributed by atoms with Crippen LogP contribution in [0.3, 0.4) is 0 Å². The number of carbonyl (C=O) groups is 2. The Morgan fingerprint density at radius 3 is 2.60 bits per heavy atom. The number of rotatable bonds is 5. The number of aliphatic carboxylic acids is 1. The van der Waals surface area contributed by atoms with Crippen LogP contribution in [0.1, 0.15) is 37.1 Å². The normalized spacial score (nSPS) is 25.6. The van der Waals surface area contributed by atoms with E-state index in [4.69, 9.17) is 5.11 Å². The minimum atomic E-state index is -0.766. The van der Waals surface area contributed by atoms with Crippen molar-refractivity contribution in [2.45, 2.75) is 44.7 Å².